The topological polar surface area (TPSA) is 58.2 Å². The van der Waals surface area contributed by atoms with Gasteiger partial charge in [-0.2, -0.15) is 0 Å². The normalized spacial score (nSPS) is 9.82. The van der Waals surface area contributed by atoms with Crippen molar-refractivity contribution in [3.8, 4) is 0 Å². The van der Waals surface area contributed by atoms with Crippen LogP contribution in [-0.4, -0.2) is 46.0 Å². The zero-order valence-electron chi connectivity index (χ0n) is 9.87. The van der Waals surface area contributed by atoms with Crippen molar-refractivity contribution in [1.82, 2.24) is 10.6 Å². The molecule has 0 bridgehead atoms. The van der Waals surface area contributed by atoms with E-state index in [1.807, 2.05) is 6.26 Å². The summed E-state index contributed by atoms with van der Waals surface area (Å²) in [5.41, 5.74) is 1.17. The van der Waals surface area contributed by atoms with Gasteiger partial charge in [-0.3, -0.25) is 0 Å². The summed E-state index contributed by atoms with van der Waals surface area (Å²) in [6.45, 7) is 0. The maximum atomic E-state index is 11.7. The second kappa shape index (κ2) is 6.69. The van der Waals surface area contributed by atoms with Crippen LogP contribution in [0.25, 0.3) is 0 Å². The molecule has 0 fully saturated rings. The van der Waals surface area contributed by atoms with Gasteiger partial charge in [0.15, 0.2) is 0 Å². The van der Waals surface area contributed by atoms with Crippen molar-refractivity contribution < 1.29 is 9.59 Å². The predicted molar refractivity (Wildman–Crippen MR) is 72.1 cm³/mol. The van der Waals surface area contributed by atoms with Crippen LogP contribution in [0.15, 0.2) is 18.2 Å². The van der Waals surface area contributed by atoms with Crippen LogP contribution in [0.5, 0.6) is 0 Å². The fraction of sp³-hybridized carbons (Fsp3) is 0.273. The molecule has 0 aliphatic heterocycles. The molecule has 0 unspecified atom stereocenters. The average Bonchev–Trinajstić information content (AvgIpc) is 2.37. The van der Waals surface area contributed by atoms with E-state index in [1.165, 1.54) is 0 Å². The Morgan fingerprint density at radius 3 is 1.94 bits per heavy atom. The number of carbonyl (C=O) groups is 2. The molecule has 0 aromatic heterocycles. The van der Waals surface area contributed by atoms with E-state index in [4.69, 9.17) is 0 Å². The van der Waals surface area contributed by atoms with E-state index < -0.39 is 0 Å². The van der Waals surface area contributed by atoms with E-state index in [0.29, 0.717) is 11.1 Å². The molecule has 2 N–H and O–H groups in total. The predicted octanol–water partition coefficient (Wildman–Crippen LogP) is 0.0133. The van der Waals surface area contributed by atoms with Crippen molar-refractivity contribution in [3.63, 3.8) is 0 Å². The van der Waals surface area contributed by atoms with Gasteiger partial charge in [0, 0.05) is 0 Å². The van der Waals surface area contributed by atoms with Crippen LogP contribution in [-0.2, 0) is 0 Å². The SMILES string of the molecule is CNC(=O)c1cccc(C(=O)NC)c1[Se]SC. The summed E-state index contributed by atoms with van der Waals surface area (Å²) in [6.07, 6.45) is 1.97. The molecule has 4 nitrogen and oxygen atoms in total. The van der Waals surface area contributed by atoms with Crippen LogP contribution in [0.1, 0.15) is 20.7 Å². The Morgan fingerprint density at radius 1 is 1.12 bits per heavy atom. The van der Waals surface area contributed by atoms with Gasteiger partial charge in [-0.05, 0) is 0 Å². The van der Waals surface area contributed by atoms with E-state index in [9.17, 15) is 9.59 Å². The molecule has 17 heavy (non-hydrogen) atoms. The van der Waals surface area contributed by atoms with Crippen molar-refractivity contribution in [2.45, 2.75) is 0 Å². The quantitative estimate of drug-likeness (QED) is 0.770. The molecule has 0 radical (unpaired) electrons. The number of hydrogen-bond donors (Lipinski definition) is 2. The first-order chi connectivity index (χ1) is 8.15. The second-order valence-electron chi connectivity index (χ2n) is 3.09. The Morgan fingerprint density at radius 2 is 1.59 bits per heavy atom. The standard InChI is InChI=1S/C11H14N2O2SSe/c1-12-10(14)7-5-4-6-8(11(15)13-2)9(7)17-16-3/h4-6H,1-3H3,(H,12,14)(H,13,15). The number of rotatable bonds is 4. The number of carbonyl (C=O) groups excluding carboxylic acids is 2. The monoisotopic (exact) mass is 318 g/mol. The third kappa shape index (κ3) is 3.25. The summed E-state index contributed by atoms with van der Waals surface area (Å²) in [5, 5.41) is 5.19. The van der Waals surface area contributed by atoms with Crippen LogP contribution >= 0.6 is 10.2 Å². The molecule has 1 aromatic carbocycles. The number of hydrogen-bond acceptors (Lipinski definition) is 3. The van der Waals surface area contributed by atoms with Gasteiger partial charge in [0.25, 0.3) is 0 Å². The third-order valence-electron chi connectivity index (χ3n) is 2.13. The van der Waals surface area contributed by atoms with Crippen LogP contribution in [0, 0.1) is 0 Å². The molecule has 92 valence electrons. The van der Waals surface area contributed by atoms with Crippen LogP contribution in [0.3, 0.4) is 0 Å². The maximum absolute atomic E-state index is 11.7. The van der Waals surface area contributed by atoms with E-state index in [0.717, 1.165) is 4.46 Å². The van der Waals surface area contributed by atoms with Gasteiger partial charge in [-0.1, -0.05) is 0 Å². The van der Waals surface area contributed by atoms with Gasteiger partial charge in [-0.25, -0.2) is 0 Å². The zero-order valence-corrected chi connectivity index (χ0v) is 12.4. The Balaban J connectivity index is 3.31. The van der Waals surface area contributed by atoms with Crippen LogP contribution < -0.4 is 15.1 Å². The van der Waals surface area contributed by atoms with Gasteiger partial charge >= 0.3 is 110 Å². The summed E-state index contributed by atoms with van der Waals surface area (Å²) >= 11 is 0.0466. The molecule has 0 saturated carbocycles. The van der Waals surface area contributed by atoms with E-state index in [1.54, 1.807) is 42.5 Å². The first kappa shape index (κ1) is 14.1. The zero-order chi connectivity index (χ0) is 12.8. The first-order valence-electron chi connectivity index (χ1n) is 4.93. The van der Waals surface area contributed by atoms with Gasteiger partial charge in [0.2, 0.25) is 0 Å². The Kier molecular flexibility index (Phi) is 5.54. The van der Waals surface area contributed by atoms with Crippen molar-refractivity contribution in [2.75, 3.05) is 20.4 Å². The minimum atomic E-state index is -0.151. The molecule has 1 aromatic rings. The molecular formula is C11H14N2O2SSe. The summed E-state index contributed by atoms with van der Waals surface area (Å²) in [5.74, 6) is -0.302. The number of benzene rings is 1. The third-order valence-corrected chi connectivity index (χ3v) is 5.48. The molecule has 0 saturated heterocycles. The Bertz CT molecular complexity index is 403. The van der Waals surface area contributed by atoms with Crippen molar-refractivity contribution in [3.05, 3.63) is 29.3 Å². The van der Waals surface area contributed by atoms with Crippen molar-refractivity contribution in [2.24, 2.45) is 0 Å². The van der Waals surface area contributed by atoms with Gasteiger partial charge in [-0.15, -0.1) is 0 Å². The summed E-state index contributed by atoms with van der Waals surface area (Å²) in [6, 6.07) is 5.23. The molecular weight excluding hydrogens is 303 g/mol. The minimum absolute atomic E-state index is 0.0466. The van der Waals surface area contributed by atoms with Gasteiger partial charge in [0.05, 0.1) is 0 Å². The Hall–Kier alpha value is -0.971. The van der Waals surface area contributed by atoms with E-state index >= 15 is 0 Å². The second-order valence-corrected chi connectivity index (χ2v) is 7.59. The number of nitrogens with one attached hydrogen (secondary N) is 2. The molecule has 0 aliphatic rings. The first-order valence-corrected chi connectivity index (χ1v) is 9.04. The average molecular weight is 317 g/mol. The summed E-state index contributed by atoms with van der Waals surface area (Å²) < 4.78 is 0.839. The van der Waals surface area contributed by atoms with Gasteiger partial charge < -0.3 is 0 Å². The van der Waals surface area contributed by atoms with Crippen LogP contribution in [0.4, 0.5) is 0 Å². The molecule has 0 heterocycles. The van der Waals surface area contributed by atoms with Crippen LogP contribution in [0.2, 0.25) is 0 Å². The van der Waals surface area contributed by atoms with Crippen molar-refractivity contribution >= 4 is 40.3 Å². The summed E-state index contributed by atoms with van der Waals surface area (Å²) in [4.78, 5) is 23.5. The fourth-order valence-electron chi connectivity index (χ4n) is 1.34. The van der Waals surface area contributed by atoms with E-state index in [2.05, 4.69) is 10.6 Å². The van der Waals surface area contributed by atoms with Gasteiger partial charge in [0.1, 0.15) is 0 Å². The summed E-state index contributed by atoms with van der Waals surface area (Å²) in [7, 11) is 4.82. The molecule has 0 spiro atoms. The van der Waals surface area contributed by atoms with Crippen molar-refractivity contribution in [1.29, 1.82) is 0 Å². The molecule has 0 aliphatic carbocycles. The Labute approximate surface area is 110 Å². The van der Waals surface area contributed by atoms with E-state index in [-0.39, 0.29) is 25.7 Å². The number of amides is 2. The molecule has 0 atom stereocenters. The molecule has 1 rings (SSSR count). The fourth-order valence-corrected chi connectivity index (χ4v) is 4.54. The molecule has 6 heteroatoms. The molecule has 2 amide bonds.